The molecule has 2 fully saturated rings. The molecule has 11 atom stereocenters. The van der Waals surface area contributed by atoms with Crippen molar-refractivity contribution in [2.75, 3.05) is 86.7 Å². The summed E-state index contributed by atoms with van der Waals surface area (Å²) in [5, 5.41) is 84.7. The maximum absolute atomic E-state index is 13.2. The van der Waals surface area contributed by atoms with Crippen molar-refractivity contribution in [3.8, 4) is 28.7 Å². The molecule has 26 nitrogen and oxygen atoms in total. The van der Waals surface area contributed by atoms with Crippen LogP contribution in [0.3, 0.4) is 0 Å². The number of methoxy groups -OCH3 is 2. The van der Waals surface area contributed by atoms with Crippen molar-refractivity contribution in [1.82, 2.24) is 10.6 Å². The van der Waals surface area contributed by atoms with Crippen LogP contribution >= 0.6 is 7.82 Å². The van der Waals surface area contributed by atoms with Gasteiger partial charge in [0.05, 0.1) is 65.7 Å². The predicted molar refractivity (Wildman–Crippen MR) is 288 cm³/mol. The van der Waals surface area contributed by atoms with Gasteiger partial charge in [-0.1, -0.05) is 48.5 Å². The number of quaternary nitrogens is 1. The van der Waals surface area contributed by atoms with E-state index >= 15 is 0 Å². The van der Waals surface area contributed by atoms with E-state index in [1.807, 2.05) is 21.1 Å². The SMILES string of the molecule is COc1ccc([C@@]23Oc4cc(OCCCCNC(=O)OCc5ccc(O[C@@H]6O[C@H](C(=O)O)[C@@H](O)[C@H](O)[C@H]6O)c(NC(=O)CCNCCCOP(=O)(O)OCC[N+](C)(C)C)c5)cc(OC)c4[C@]2(O)[C@H](O)[C@H](C(=O)O)[C@H]3c2ccccc2)cc1. The number of aliphatic hydroxyl groups is 5. The highest BCUT2D eigenvalue weighted by atomic mass is 31.2. The molecule has 2 amide bonds. The Bertz CT molecular complexity index is 2900. The number of likely N-dealkylation sites (N-methyl/N-ethyl adjacent to an activating group) is 1. The van der Waals surface area contributed by atoms with Crippen LogP contribution in [0.5, 0.6) is 28.7 Å². The van der Waals surface area contributed by atoms with Crippen LogP contribution in [0.15, 0.2) is 84.9 Å². The Labute approximate surface area is 472 Å². The van der Waals surface area contributed by atoms with E-state index in [0.717, 1.165) is 0 Å². The molecule has 2 heterocycles. The monoisotopic (exact) mass is 1170 g/mol. The van der Waals surface area contributed by atoms with Gasteiger partial charge in [0, 0.05) is 37.6 Å². The molecular formula is C55H72N4O22P+. The molecular weight excluding hydrogens is 1100 g/mol. The Morgan fingerprint density at radius 3 is 2.15 bits per heavy atom. The fraction of sp³-hybridized carbons (Fsp3) is 0.491. The zero-order valence-corrected chi connectivity index (χ0v) is 46.8. The smallest absolute Gasteiger partial charge is 0.472 e. The van der Waals surface area contributed by atoms with Gasteiger partial charge in [0.1, 0.15) is 72.9 Å². The van der Waals surface area contributed by atoms with Gasteiger partial charge >= 0.3 is 25.9 Å². The number of amides is 2. The number of aliphatic hydroxyl groups excluding tert-OH is 4. The summed E-state index contributed by atoms with van der Waals surface area (Å²) in [6, 6.07) is 22.5. The van der Waals surface area contributed by atoms with Gasteiger partial charge in [0.2, 0.25) is 12.2 Å². The molecule has 0 bridgehead atoms. The Balaban J connectivity index is 0.937. The van der Waals surface area contributed by atoms with Crippen LogP contribution in [0.25, 0.3) is 0 Å². The number of carboxylic acids is 2. The molecule has 1 aliphatic carbocycles. The Hall–Kier alpha value is -6.65. The summed E-state index contributed by atoms with van der Waals surface area (Å²) in [7, 11) is 4.33. The number of phosphoric ester groups is 1. The van der Waals surface area contributed by atoms with Crippen LogP contribution in [0.2, 0.25) is 0 Å². The molecule has 1 unspecified atom stereocenters. The molecule has 4 aromatic rings. The summed E-state index contributed by atoms with van der Waals surface area (Å²) >= 11 is 0. The summed E-state index contributed by atoms with van der Waals surface area (Å²) in [6.45, 7) is 0.861. The third-order valence-corrected chi connectivity index (χ3v) is 15.2. The molecule has 4 aromatic carbocycles. The third-order valence-electron chi connectivity index (χ3n) is 14.2. The number of nitrogens with one attached hydrogen (secondary N) is 3. The minimum Gasteiger partial charge on any atom is -0.497 e. The number of aliphatic carboxylic acids is 2. The number of unbranched alkanes of at least 4 members (excludes halogenated alkanes) is 1. The van der Waals surface area contributed by atoms with E-state index in [2.05, 4.69) is 16.0 Å². The lowest BCUT2D eigenvalue weighted by molar-refractivity contribution is -0.870. The Kier molecular flexibility index (Phi) is 20.9. The van der Waals surface area contributed by atoms with Crippen molar-refractivity contribution in [3.63, 3.8) is 0 Å². The van der Waals surface area contributed by atoms with Gasteiger partial charge in [-0.15, -0.1) is 0 Å². The topological polar surface area (TPSA) is 366 Å². The van der Waals surface area contributed by atoms with E-state index < -0.39 is 91.6 Å². The fourth-order valence-electron chi connectivity index (χ4n) is 10.1. The molecule has 1 saturated carbocycles. The average Bonchev–Trinajstić information content (AvgIpc) is 1.53. The molecule has 11 N–H and O–H groups in total. The maximum Gasteiger partial charge on any atom is 0.472 e. The van der Waals surface area contributed by atoms with Gasteiger partial charge in [-0.05, 0) is 66.8 Å². The van der Waals surface area contributed by atoms with E-state index in [-0.39, 0.29) is 80.2 Å². The Morgan fingerprint density at radius 2 is 1.48 bits per heavy atom. The Morgan fingerprint density at radius 1 is 0.756 bits per heavy atom. The number of alkyl carbamates (subject to hydrolysis) is 1. The summed E-state index contributed by atoms with van der Waals surface area (Å²) in [5.41, 5.74) is -2.97. The number of hydrogen-bond acceptors (Lipinski definition) is 20. The van der Waals surface area contributed by atoms with Crippen molar-refractivity contribution >= 4 is 37.4 Å². The lowest BCUT2D eigenvalue weighted by atomic mass is 9.70. The summed E-state index contributed by atoms with van der Waals surface area (Å²) in [5.74, 6) is -5.34. The summed E-state index contributed by atoms with van der Waals surface area (Å²) in [6.07, 6.45) is -11.3. The number of phosphoric acid groups is 1. The number of nitrogens with zero attached hydrogens (tertiary/aromatic N) is 1. The number of anilines is 1. The first-order valence-electron chi connectivity index (χ1n) is 26.4. The van der Waals surface area contributed by atoms with Crippen LogP contribution in [-0.4, -0.2) is 187 Å². The number of carbonyl (C=O) groups is 4. The minimum atomic E-state index is -4.24. The second-order valence-corrected chi connectivity index (χ2v) is 22.3. The molecule has 1 saturated heterocycles. The quantitative estimate of drug-likeness (QED) is 0.0211. The number of benzene rings is 4. The average molecular weight is 1170 g/mol. The minimum absolute atomic E-state index is 0.0176. The molecule has 0 aromatic heterocycles. The highest BCUT2D eigenvalue weighted by Gasteiger charge is 2.78. The van der Waals surface area contributed by atoms with Crippen molar-refractivity contribution in [2.45, 2.75) is 86.2 Å². The predicted octanol–water partition coefficient (Wildman–Crippen LogP) is 2.54. The molecule has 0 spiro atoms. The molecule has 3 aliphatic rings. The van der Waals surface area contributed by atoms with E-state index in [4.69, 9.17) is 42.2 Å². The second kappa shape index (κ2) is 27.2. The zero-order chi connectivity index (χ0) is 59.6. The van der Waals surface area contributed by atoms with Crippen LogP contribution in [0.1, 0.15) is 53.9 Å². The zero-order valence-electron chi connectivity index (χ0n) is 45.9. The van der Waals surface area contributed by atoms with Crippen molar-refractivity contribution in [3.05, 3.63) is 107 Å². The van der Waals surface area contributed by atoms with E-state index in [1.54, 1.807) is 54.6 Å². The first-order valence-corrected chi connectivity index (χ1v) is 27.9. The van der Waals surface area contributed by atoms with Crippen LogP contribution < -0.4 is 39.6 Å². The highest BCUT2D eigenvalue weighted by Crippen LogP contribution is 2.70. The number of hydrogen-bond donors (Lipinski definition) is 11. The van der Waals surface area contributed by atoms with E-state index in [1.165, 1.54) is 44.6 Å². The second-order valence-electron chi connectivity index (χ2n) is 20.8. The largest absolute Gasteiger partial charge is 0.497 e. The van der Waals surface area contributed by atoms with Crippen molar-refractivity contribution in [1.29, 1.82) is 0 Å². The summed E-state index contributed by atoms with van der Waals surface area (Å²) < 4.78 is 63.2. The third kappa shape index (κ3) is 14.4. The highest BCUT2D eigenvalue weighted by molar-refractivity contribution is 7.47. The van der Waals surface area contributed by atoms with Gasteiger partial charge in [-0.2, -0.15) is 0 Å². The standard InChI is InChI=1S/C55H71N4O22P/c1-59(2,3)24-27-78-82(71,72)77-26-11-21-56-23-20-41(60)58-37-28-32(14-19-38(37)79-52-47(63)45(61)46(62)48(80-52)51(67)68)31-76-53(69)57-22-9-10-25-75-36-29-39(74-5)44-40(30-36)81-55(34-15-17-35(73-4)18-16-34)43(33-12-7-6-8-13-33)42(50(65)66)49(64)54(44,55)70/h6-8,12-19,28-30,42-43,45-49,52,56,61-64,70H,9-11,20-27,31H2,1-5H3,(H4-,57,58,60,65,66,67,68,69,71,72)/p+1/t42-,43-,45+,46+,47-,48+,49-,52-,54+,55+/m1/s1. The first kappa shape index (κ1) is 62.9. The van der Waals surface area contributed by atoms with Crippen molar-refractivity contribution in [2.24, 2.45) is 5.92 Å². The number of rotatable bonds is 29. The van der Waals surface area contributed by atoms with E-state index in [9.17, 15) is 64.4 Å². The van der Waals surface area contributed by atoms with Gasteiger partial charge < -0.3 is 94.2 Å². The van der Waals surface area contributed by atoms with Gasteiger partial charge in [-0.25, -0.2) is 14.2 Å². The molecule has 7 rings (SSSR count). The van der Waals surface area contributed by atoms with E-state index in [0.29, 0.717) is 59.3 Å². The van der Waals surface area contributed by atoms with Gasteiger partial charge in [0.15, 0.2) is 17.3 Å². The van der Waals surface area contributed by atoms with Crippen LogP contribution in [-0.2, 0) is 55.3 Å². The number of carbonyl (C=O) groups excluding carboxylic acids is 2. The van der Waals surface area contributed by atoms with Gasteiger partial charge in [0.25, 0.3) is 0 Å². The maximum atomic E-state index is 13.2. The first-order chi connectivity index (χ1) is 38.9. The van der Waals surface area contributed by atoms with Crippen LogP contribution in [0.4, 0.5) is 10.5 Å². The van der Waals surface area contributed by atoms with Crippen molar-refractivity contribution < 1.29 is 111 Å². The molecule has 0 radical (unpaired) electrons. The molecule has 2 aliphatic heterocycles. The fourth-order valence-corrected chi connectivity index (χ4v) is 10.8. The number of fused-ring (bicyclic) bond motifs is 3. The molecule has 27 heteroatoms. The number of ether oxygens (including phenoxy) is 7. The summed E-state index contributed by atoms with van der Waals surface area (Å²) in [4.78, 5) is 60.8. The lowest BCUT2D eigenvalue weighted by Gasteiger charge is -2.40. The lowest BCUT2D eigenvalue weighted by Crippen LogP contribution is -2.61. The normalized spacial score (nSPS) is 25.4. The molecule has 82 heavy (non-hydrogen) atoms. The van der Waals surface area contributed by atoms with Crippen LogP contribution in [0, 0.1) is 5.92 Å². The number of carboxylic acid groups (broad SMARTS) is 2. The van der Waals surface area contributed by atoms with Gasteiger partial charge in [-0.3, -0.25) is 18.6 Å². The molecule has 448 valence electrons.